The molecule has 3 nitrogen and oxygen atoms in total. The second-order valence-electron chi connectivity index (χ2n) is 6.05. The van der Waals surface area contributed by atoms with Crippen molar-refractivity contribution in [2.24, 2.45) is 0 Å². The van der Waals surface area contributed by atoms with E-state index in [1.54, 1.807) is 14.2 Å². The van der Waals surface area contributed by atoms with Gasteiger partial charge in [0.15, 0.2) is 11.5 Å². The SMILES string of the molecule is CNCCC1c2ccccc2CCc2cc(OC)c(OC)cc21. The summed E-state index contributed by atoms with van der Waals surface area (Å²) in [6.07, 6.45) is 3.20. The van der Waals surface area contributed by atoms with Crippen molar-refractivity contribution < 1.29 is 9.47 Å². The maximum Gasteiger partial charge on any atom is 0.161 e. The molecule has 0 saturated carbocycles. The first kappa shape index (κ1) is 15.9. The van der Waals surface area contributed by atoms with Crippen molar-refractivity contribution >= 4 is 0 Å². The molecule has 0 amide bonds. The molecule has 3 heteroatoms. The number of methoxy groups -OCH3 is 2. The first-order chi connectivity index (χ1) is 11.3. The lowest BCUT2D eigenvalue weighted by atomic mass is 9.85. The van der Waals surface area contributed by atoms with Gasteiger partial charge in [-0.2, -0.15) is 0 Å². The monoisotopic (exact) mass is 311 g/mol. The van der Waals surface area contributed by atoms with E-state index < -0.39 is 0 Å². The van der Waals surface area contributed by atoms with E-state index in [0.29, 0.717) is 5.92 Å². The van der Waals surface area contributed by atoms with Crippen LogP contribution >= 0.6 is 0 Å². The third-order valence-corrected chi connectivity index (χ3v) is 4.80. The summed E-state index contributed by atoms with van der Waals surface area (Å²) < 4.78 is 11.0. The number of ether oxygens (including phenoxy) is 2. The minimum Gasteiger partial charge on any atom is -0.493 e. The van der Waals surface area contributed by atoms with Gasteiger partial charge in [0.05, 0.1) is 14.2 Å². The van der Waals surface area contributed by atoms with Gasteiger partial charge in [0.1, 0.15) is 0 Å². The summed E-state index contributed by atoms with van der Waals surface area (Å²) in [5.74, 6) is 2.04. The van der Waals surface area contributed by atoms with Crippen molar-refractivity contribution in [3.05, 3.63) is 58.7 Å². The van der Waals surface area contributed by atoms with Gasteiger partial charge in [0, 0.05) is 5.92 Å². The first-order valence-corrected chi connectivity index (χ1v) is 8.25. The second kappa shape index (κ2) is 7.05. The Morgan fingerprint density at radius 3 is 2.39 bits per heavy atom. The average molecular weight is 311 g/mol. The van der Waals surface area contributed by atoms with Gasteiger partial charge in [-0.15, -0.1) is 0 Å². The number of aryl methyl sites for hydroxylation is 2. The molecule has 1 unspecified atom stereocenters. The van der Waals surface area contributed by atoms with Gasteiger partial charge in [0.25, 0.3) is 0 Å². The van der Waals surface area contributed by atoms with E-state index in [9.17, 15) is 0 Å². The Kier molecular flexibility index (Phi) is 4.87. The van der Waals surface area contributed by atoms with Gasteiger partial charge in [-0.25, -0.2) is 0 Å². The second-order valence-corrected chi connectivity index (χ2v) is 6.05. The largest absolute Gasteiger partial charge is 0.493 e. The Bertz CT molecular complexity index is 681. The summed E-state index contributed by atoms with van der Waals surface area (Å²) in [7, 11) is 5.42. The molecule has 0 heterocycles. The average Bonchev–Trinajstić information content (AvgIpc) is 2.75. The number of rotatable bonds is 5. The van der Waals surface area contributed by atoms with Gasteiger partial charge in [-0.3, -0.25) is 0 Å². The van der Waals surface area contributed by atoms with Crippen LogP contribution in [0.2, 0.25) is 0 Å². The Morgan fingerprint density at radius 2 is 1.65 bits per heavy atom. The van der Waals surface area contributed by atoms with Crippen molar-refractivity contribution in [1.82, 2.24) is 5.32 Å². The molecule has 1 aliphatic carbocycles. The summed E-state index contributed by atoms with van der Waals surface area (Å²) in [4.78, 5) is 0. The zero-order valence-electron chi connectivity index (χ0n) is 14.2. The summed E-state index contributed by atoms with van der Waals surface area (Å²) in [6.45, 7) is 0.993. The quantitative estimate of drug-likeness (QED) is 0.916. The Balaban J connectivity index is 2.13. The minimum absolute atomic E-state index is 0.399. The molecular formula is C20H25NO2. The molecule has 122 valence electrons. The van der Waals surface area contributed by atoms with E-state index in [2.05, 4.69) is 41.7 Å². The highest BCUT2D eigenvalue weighted by molar-refractivity contribution is 5.53. The van der Waals surface area contributed by atoms with Gasteiger partial charge in [-0.05, 0) is 67.2 Å². The van der Waals surface area contributed by atoms with Crippen LogP contribution < -0.4 is 14.8 Å². The van der Waals surface area contributed by atoms with Gasteiger partial charge >= 0.3 is 0 Å². The zero-order valence-corrected chi connectivity index (χ0v) is 14.2. The van der Waals surface area contributed by atoms with Crippen LogP contribution in [0.1, 0.15) is 34.6 Å². The minimum atomic E-state index is 0.399. The molecule has 1 N–H and O–H groups in total. The number of fused-ring (bicyclic) bond motifs is 2. The first-order valence-electron chi connectivity index (χ1n) is 8.25. The van der Waals surface area contributed by atoms with E-state index in [0.717, 1.165) is 37.3 Å². The Hall–Kier alpha value is -2.00. The summed E-state index contributed by atoms with van der Waals surface area (Å²) in [5.41, 5.74) is 5.67. The lowest BCUT2D eigenvalue weighted by molar-refractivity contribution is 0.354. The van der Waals surface area contributed by atoms with Crippen molar-refractivity contribution in [1.29, 1.82) is 0 Å². The van der Waals surface area contributed by atoms with Crippen molar-refractivity contribution in [3.63, 3.8) is 0 Å². The van der Waals surface area contributed by atoms with Crippen molar-refractivity contribution in [3.8, 4) is 11.5 Å². The van der Waals surface area contributed by atoms with E-state index in [1.165, 1.54) is 22.3 Å². The molecule has 0 saturated heterocycles. The molecular weight excluding hydrogens is 286 g/mol. The van der Waals surface area contributed by atoms with E-state index in [4.69, 9.17) is 9.47 Å². The zero-order chi connectivity index (χ0) is 16.2. The Morgan fingerprint density at radius 1 is 0.957 bits per heavy atom. The molecule has 0 aromatic heterocycles. The number of hydrogen-bond donors (Lipinski definition) is 1. The topological polar surface area (TPSA) is 30.5 Å². The predicted octanol–water partition coefficient (Wildman–Crippen LogP) is 3.54. The molecule has 23 heavy (non-hydrogen) atoms. The number of hydrogen-bond acceptors (Lipinski definition) is 3. The van der Waals surface area contributed by atoms with Gasteiger partial charge < -0.3 is 14.8 Å². The molecule has 0 spiro atoms. The summed E-state index contributed by atoms with van der Waals surface area (Å²) in [6, 6.07) is 13.2. The van der Waals surface area contributed by atoms with Crippen LogP contribution in [0.4, 0.5) is 0 Å². The van der Waals surface area contributed by atoms with E-state index >= 15 is 0 Å². The van der Waals surface area contributed by atoms with Crippen molar-refractivity contribution in [2.45, 2.75) is 25.2 Å². The number of nitrogens with one attached hydrogen (secondary N) is 1. The van der Waals surface area contributed by atoms with Crippen LogP contribution in [0.15, 0.2) is 36.4 Å². The van der Waals surface area contributed by atoms with E-state index in [1.807, 2.05) is 7.05 Å². The fourth-order valence-corrected chi connectivity index (χ4v) is 3.62. The van der Waals surface area contributed by atoms with Crippen LogP contribution in [-0.4, -0.2) is 27.8 Å². The molecule has 0 aliphatic heterocycles. The normalized spacial score (nSPS) is 16.2. The molecule has 0 radical (unpaired) electrons. The van der Waals surface area contributed by atoms with Crippen LogP contribution in [0.3, 0.4) is 0 Å². The third-order valence-electron chi connectivity index (χ3n) is 4.80. The lowest BCUT2D eigenvalue weighted by Gasteiger charge is -2.22. The molecule has 2 aromatic carbocycles. The van der Waals surface area contributed by atoms with Gasteiger partial charge in [0.2, 0.25) is 0 Å². The molecule has 1 aliphatic rings. The molecule has 3 rings (SSSR count). The maximum atomic E-state index is 5.54. The highest BCUT2D eigenvalue weighted by atomic mass is 16.5. The fraction of sp³-hybridized carbons (Fsp3) is 0.400. The van der Waals surface area contributed by atoms with Crippen molar-refractivity contribution in [2.75, 3.05) is 27.8 Å². The summed E-state index contributed by atoms with van der Waals surface area (Å²) in [5, 5.41) is 3.29. The highest BCUT2D eigenvalue weighted by Gasteiger charge is 2.25. The number of benzene rings is 2. The smallest absolute Gasteiger partial charge is 0.161 e. The van der Waals surface area contributed by atoms with Crippen LogP contribution in [0.25, 0.3) is 0 Å². The molecule has 0 bridgehead atoms. The molecule has 0 fully saturated rings. The van der Waals surface area contributed by atoms with Crippen LogP contribution in [0, 0.1) is 0 Å². The van der Waals surface area contributed by atoms with Crippen LogP contribution in [0.5, 0.6) is 11.5 Å². The fourth-order valence-electron chi connectivity index (χ4n) is 3.62. The lowest BCUT2D eigenvalue weighted by Crippen LogP contribution is -2.14. The maximum absolute atomic E-state index is 5.54. The van der Waals surface area contributed by atoms with E-state index in [-0.39, 0.29) is 0 Å². The molecule has 1 atom stereocenters. The van der Waals surface area contributed by atoms with Crippen LogP contribution in [-0.2, 0) is 12.8 Å². The molecule has 2 aromatic rings. The summed E-state index contributed by atoms with van der Waals surface area (Å²) >= 11 is 0. The third kappa shape index (κ3) is 3.06. The highest BCUT2D eigenvalue weighted by Crippen LogP contribution is 2.41. The standard InChI is InChI=1S/C20H25NO2/c1-21-11-10-17-16-7-5-4-6-14(16)8-9-15-12-19(22-2)20(23-3)13-18(15)17/h4-7,12-13,17,21H,8-11H2,1-3H3. The predicted molar refractivity (Wildman–Crippen MR) is 93.8 cm³/mol. The Labute approximate surface area is 138 Å². The van der Waals surface area contributed by atoms with Gasteiger partial charge in [-0.1, -0.05) is 24.3 Å².